The normalized spacial score (nSPS) is 15.3. The number of hydrogen-bond donors (Lipinski definition) is 1. The van der Waals surface area contributed by atoms with Gasteiger partial charge in [-0.2, -0.15) is 0 Å². The number of nitrogens with zero attached hydrogens (tertiary/aromatic N) is 3. The summed E-state index contributed by atoms with van der Waals surface area (Å²) in [7, 11) is 0. The van der Waals surface area contributed by atoms with Crippen LogP contribution in [0.25, 0.3) is 11.0 Å². The molecule has 4 aromatic rings. The number of fused-ring (bicyclic) bond motifs is 2. The van der Waals surface area contributed by atoms with Crippen molar-refractivity contribution in [2.75, 3.05) is 11.5 Å². The first kappa shape index (κ1) is 23.0. The summed E-state index contributed by atoms with van der Waals surface area (Å²) in [5.41, 5.74) is 0.172. The van der Waals surface area contributed by atoms with Crippen molar-refractivity contribution in [3.8, 4) is 11.5 Å². The molecule has 10 heteroatoms. The summed E-state index contributed by atoms with van der Waals surface area (Å²) in [6, 6.07) is 7.28. The monoisotopic (exact) mass is 495 g/mol. The zero-order chi connectivity index (χ0) is 24.9. The highest BCUT2D eigenvalue weighted by atomic mass is 32.1. The maximum absolute atomic E-state index is 14.0. The molecule has 0 bridgehead atoms. The molecule has 3 heterocycles. The molecule has 1 aliphatic rings. The zero-order valence-corrected chi connectivity index (χ0v) is 20.1. The van der Waals surface area contributed by atoms with Crippen LogP contribution in [-0.4, -0.2) is 27.8 Å². The molecule has 0 spiro atoms. The van der Waals surface area contributed by atoms with Crippen molar-refractivity contribution < 1.29 is 23.4 Å². The first-order valence-electron chi connectivity index (χ1n) is 11.2. The summed E-state index contributed by atoms with van der Waals surface area (Å²) in [5, 5.41) is 19.8. The Labute approximate surface area is 203 Å². The quantitative estimate of drug-likeness (QED) is 0.408. The van der Waals surface area contributed by atoms with Gasteiger partial charge in [0.15, 0.2) is 16.9 Å². The molecule has 35 heavy (non-hydrogen) atoms. The number of halogens is 1. The van der Waals surface area contributed by atoms with Gasteiger partial charge in [0.1, 0.15) is 16.4 Å². The number of aromatic nitrogens is 2. The fourth-order valence-corrected chi connectivity index (χ4v) is 5.28. The Morgan fingerprint density at radius 3 is 2.74 bits per heavy atom. The number of carbonyl (C=O) groups is 1. The molecular weight excluding hydrogens is 473 g/mol. The summed E-state index contributed by atoms with van der Waals surface area (Å²) in [4.78, 5) is 28.6. The van der Waals surface area contributed by atoms with E-state index >= 15 is 0 Å². The van der Waals surface area contributed by atoms with Crippen LogP contribution in [0.15, 0.2) is 45.6 Å². The highest BCUT2D eigenvalue weighted by molar-refractivity contribution is 7.15. The predicted molar refractivity (Wildman–Crippen MR) is 129 cm³/mol. The zero-order valence-electron chi connectivity index (χ0n) is 19.2. The van der Waals surface area contributed by atoms with Gasteiger partial charge in [0.2, 0.25) is 10.9 Å². The number of rotatable bonds is 6. The molecular formula is C25H22FN3O5S. The molecule has 1 N–H and O–H groups in total. The van der Waals surface area contributed by atoms with Gasteiger partial charge >= 0.3 is 0 Å². The smallest absolute Gasteiger partial charge is 0.297 e. The molecule has 0 saturated heterocycles. The van der Waals surface area contributed by atoms with Gasteiger partial charge in [-0.1, -0.05) is 31.3 Å². The van der Waals surface area contributed by atoms with E-state index in [1.165, 1.54) is 34.4 Å². The number of aromatic hydroxyl groups is 1. The Morgan fingerprint density at radius 2 is 2.00 bits per heavy atom. The van der Waals surface area contributed by atoms with Crippen LogP contribution < -0.4 is 15.1 Å². The topological polar surface area (TPSA) is 106 Å². The van der Waals surface area contributed by atoms with E-state index < -0.39 is 23.2 Å². The van der Waals surface area contributed by atoms with Crippen LogP contribution in [0.3, 0.4) is 0 Å². The Morgan fingerprint density at radius 1 is 1.20 bits per heavy atom. The second-order valence-electron chi connectivity index (χ2n) is 8.63. The Bertz CT molecular complexity index is 1510. The maximum Gasteiger partial charge on any atom is 0.297 e. The van der Waals surface area contributed by atoms with Crippen LogP contribution >= 0.6 is 11.3 Å². The maximum atomic E-state index is 14.0. The highest BCUT2D eigenvalue weighted by Gasteiger charge is 2.45. The average molecular weight is 496 g/mol. The van der Waals surface area contributed by atoms with Crippen molar-refractivity contribution in [2.45, 2.75) is 33.2 Å². The number of ether oxygens (including phenoxy) is 1. The Kier molecular flexibility index (Phi) is 5.76. The van der Waals surface area contributed by atoms with E-state index in [1.54, 1.807) is 19.1 Å². The lowest BCUT2D eigenvalue weighted by atomic mass is 9.98. The minimum atomic E-state index is -0.930. The number of carbonyl (C=O) groups excluding carboxylic acids is 1. The number of phenolic OH excluding ortho intramolecular Hbond substituents is 1. The molecule has 1 aliphatic heterocycles. The molecule has 2 aromatic heterocycles. The van der Waals surface area contributed by atoms with Crippen molar-refractivity contribution in [3.63, 3.8) is 0 Å². The molecule has 2 aromatic carbocycles. The number of anilines is 1. The second kappa shape index (κ2) is 8.77. The average Bonchev–Trinajstić information content (AvgIpc) is 3.38. The third kappa shape index (κ3) is 3.93. The van der Waals surface area contributed by atoms with Crippen molar-refractivity contribution >= 4 is 33.3 Å². The lowest BCUT2D eigenvalue weighted by molar-refractivity contribution is 0.0970. The standard InChI is InChI=1S/C25H22FN3O5S/c1-4-33-18-10-13(5-7-16(18)30)21-20-22(31)15-11-14(26)6-8-17(15)34-23(20)24(32)29(21)25-28-27-19(35-25)9-12(2)3/h5-8,10-12,21,30H,4,9H2,1-3H3/t21-/m1/s1. The minimum absolute atomic E-state index is 0.0324. The highest BCUT2D eigenvalue weighted by Crippen LogP contribution is 2.44. The first-order chi connectivity index (χ1) is 16.8. The van der Waals surface area contributed by atoms with Gasteiger partial charge in [-0.15, -0.1) is 10.2 Å². The van der Waals surface area contributed by atoms with Gasteiger partial charge in [-0.3, -0.25) is 14.5 Å². The molecule has 0 fully saturated rings. The van der Waals surface area contributed by atoms with Crippen LogP contribution in [0, 0.1) is 11.7 Å². The lowest BCUT2D eigenvalue weighted by Crippen LogP contribution is -2.29. The number of phenols is 1. The van der Waals surface area contributed by atoms with Gasteiger partial charge in [-0.25, -0.2) is 4.39 Å². The molecule has 5 rings (SSSR count). The minimum Gasteiger partial charge on any atom is -0.504 e. The second-order valence-corrected chi connectivity index (χ2v) is 9.67. The first-order valence-corrected chi connectivity index (χ1v) is 12.0. The van der Waals surface area contributed by atoms with Gasteiger partial charge < -0.3 is 14.3 Å². The molecule has 8 nitrogen and oxygen atoms in total. The van der Waals surface area contributed by atoms with E-state index in [1.807, 2.05) is 0 Å². The fourth-order valence-electron chi connectivity index (χ4n) is 4.20. The fraction of sp³-hybridized carbons (Fsp3) is 0.280. The van der Waals surface area contributed by atoms with Crippen LogP contribution in [0.4, 0.5) is 9.52 Å². The van der Waals surface area contributed by atoms with Crippen molar-refractivity contribution in [2.24, 2.45) is 5.92 Å². The third-order valence-corrected chi connectivity index (χ3v) is 6.62. The van der Waals surface area contributed by atoms with E-state index in [2.05, 4.69) is 24.0 Å². The van der Waals surface area contributed by atoms with Gasteiger partial charge in [0, 0.05) is 6.42 Å². The molecule has 1 amide bonds. The van der Waals surface area contributed by atoms with E-state index in [0.29, 0.717) is 29.6 Å². The van der Waals surface area contributed by atoms with E-state index in [9.17, 15) is 19.1 Å². The molecule has 0 unspecified atom stereocenters. The largest absolute Gasteiger partial charge is 0.504 e. The molecule has 0 radical (unpaired) electrons. The Balaban J connectivity index is 1.75. The van der Waals surface area contributed by atoms with Gasteiger partial charge in [0.25, 0.3) is 5.91 Å². The van der Waals surface area contributed by atoms with Crippen molar-refractivity contribution in [3.05, 3.63) is 74.3 Å². The summed E-state index contributed by atoms with van der Waals surface area (Å²) in [5.74, 6) is -0.799. The molecule has 180 valence electrons. The van der Waals surface area contributed by atoms with E-state index in [4.69, 9.17) is 9.15 Å². The number of amides is 1. The SMILES string of the molecule is CCOc1cc([C@@H]2c3c(oc4ccc(F)cc4c3=O)C(=O)N2c2nnc(CC(C)C)s2)ccc1O. The summed E-state index contributed by atoms with van der Waals surface area (Å²) in [6.45, 7) is 6.20. The summed E-state index contributed by atoms with van der Waals surface area (Å²) >= 11 is 1.26. The van der Waals surface area contributed by atoms with E-state index in [0.717, 1.165) is 11.1 Å². The van der Waals surface area contributed by atoms with Crippen LogP contribution in [0.5, 0.6) is 11.5 Å². The predicted octanol–water partition coefficient (Wildman–Crippen LogP) is 4.84. The summed E-state index contributed by atoms with van der Waals surface area (Å²) in [6.07, 6.45) is 0.686. The van der Waals surface area contributed by atoms with Crippen LogP contribution in [-0.2, 0) is 6.42 Å². The van der Waals surface area contributed by atoms with Crippen molar-refractivity contribution in [1.82, 2.24) is 10.2 Å². The van der Waals surface area contributed by atoms with Crippen molar-refractivity contribution in [1.29, 1.82) is 0 Å². The summed E-state index contributed by atoms with van der Waals surface area (Å²) < 4.78 is 25.4. The third-order valence-electron chi connectivity index (χ3n) is 5.68. The van der Waals surface area contributed by atoms with Crippen LogP contribution in [0.2, 0.25) is 0 Å². The van der Waals surface area contributed by atoms with Gasteiger partial charge in [-0.05, 0) is 48.7 Å². The number of hydrogen-bond acceptors (Lipinski definition) is 8. The van der Waals surface area contributed by atoms with Crippen LogP contribution in [0.1, 0.15) is 53.5 Å². The van der Waals surface area contributed by atoms with Gasteiger partial charge in [0.05, 0.1) is 23.6 Å². The number of benzene rings is 2. The molecule has 0 aliphatic carbocycles. The molecule has 0 saturated carbocycles. The van der Waals surface area contributed by atoms with E-state index in [-0.39, 0.29) is 33.8 Å². The Hall–Kier alpha value is -3.79. The molecule has 1 atom stereocenters. The lowest BCUT2D eigenvalue weighted by Gasteiger charge is -2.22.